The first kappa shape index (κ1) is 9.81. The van der Waals surface area contributed by atoms with Crippen LogP contribution in [0.15, 0.2) is 6.07 Å². The average Bonchev–Trinajstić information content (AvgIpc) is 2.08. The molecule has 0 N–H and O–H groups in total. The third-order valence-electron chi connectivity index (χ3n) is 1.28. The maximum absolute atomic E-state index is 12.9. The summed E-state index contributed by atoms with van der Waals surface area (Å²) in [6.07, 6.45) is -3.08. The molecule has 0 bridgehead atoms. The normalized spacial score (nSPS) is 10.2. The lowest BCUT2D eigenvalue weighted by Crippen LogP contribution is -1.99. The fourth-order valence-electron chi connectivity index (χ4n) is 0.743. The van der Waals surface area contributed by atoms with Gasteiger partial charge in [0.05, 0.1) is 5.56 Å². The lowest BCUT2D eigenvalue weighted by atomic mass is 10.2. The van der Waals surface area contributed by atoms with E-state index in [1.54, 1.807) is 0 Å². The van der Waals surface area contributed by atoms with E-state index in [-0.39, 0.29) is 5.15 Å². The van der Waals surface area contributed by atoms with E-state index in [1.165, 1.54) is 6.07 Å². The summed E-state index contributed by atoms with van der Waals surface area (Å²) in [6, 6.07) is 2.29. The van der Waals surface area contributed by atoms with Gasteiger partial charge >= 0.3 is 0 Å². The third kappa shape index (κ3) is 1.90. The highest BCUT2D eigenvalue weighted by molar-refractivity contribution is 6.29. The number of alkyl halides is 2. The fraction of sp³-hybridized carbons (Fsp3) is 0.143. The van der Waals surface area contributed by atoms with Crippen LogP contribution in [0.3, 0.4) is 0 Å². The van der Waals surface area contributed by atoms with Gasteiger partial charge in [0.25, 0.3) is 6.43 Å². The summed E-state index contributed by atoms with van der Waals surface area (Å²) in [5.41, 5.74) is -1.63. The summed E-state index contributed by atoms with van der Waals surface area (Å²) in [6.45, 7) is 0. The molecule has 6 heteroatoms. The molecular formula is C7H2ClF3N2. The summed E-state index contributed by atoms with van der Waals surface area (Å²) in [5.74, 6) is -1.32. The Kier molecular flexibility index (Phi) is 2.73. The van der Waals surface area contributed by atoms with Crippen molar-refractivity contribution in [3.05, 3.63) is 28.3 Å². The highest BCUT2D eigenvalue weighted by Crippen LogP contribution is 2.24. The second-order valence-corrected chi connectivity index (χ2v) is 2.49. The summed E-state index contributed by atoms with van der Waals surface area (Å²) < 4.78 is 37.0. The van der Waals surface area contributed by atoms with Gasteiger partial charge in [0, 0.05) is 0 Å². The molecule has 0 saturated heterocycles. The van der Waals surface area contributed by atoms with Crippen LogP contribution in [0.25, 0.3) is 0 Å². The van der Waals surface area contributed by atoms with Crippen molar-refractivity contribution >= 4 is 11.6 Å². The van der Waals surface area contributed by atoms with Gasteiger partial charge in [-0.15, -0.1) is 0 Å². The van der Waals surface area contributed by atoms with Crippen molar-refractivity contribution in [1.29, 1.82) is 5.26 Å². The van der Waals surface area contributed by atoms with E-state index in [9.17, 15) is 13.2 Å². The van der Waals surface area contributed by atoms with Gasteiger partial charge in [-0.3, -0.25) is 0 Å². The Morgan fingerprint density at radius 3 is 2.62 bits per heavy atom. The number of nitriles is 1. The van der Waals surface area contributed by atoms with Crippen LogP contribution in [-0.2, 0) is 0 Å². The summed E-state index contributed by atoms with van der Waals surface area (Å²) in [7, 11) is 0. The molecule has 1 aromatic heterocycles. The second kappa shape index (κ2) is 3.62. The third-order valence-corrected chi connectivity index (χ3v) is 1.47. The number of hydrogen-bond acceptors (Lipinski definition) is 2. The molecule has 0 fully saturated rings. The van der Waals surface area contributed by atoms with Crippen molar-refractivity contribution in [1.82, 2.24) is 4.98 Å². The molecule has 68 valence electrons. The van der Waals surface area contributed by atoms with Gasteiger partial charge in [-0.1, -0.05) is 11.6 Å². The second-order valence-electron chi connectivity index (χ2n) is 2.10. The van der Waals surface area contributed by atoms with E-state index < -0.39 is 23.5 Å². The first-order valence-corrected chi connectivity index (χ1v) is 3.48. The molecule has 0 aliphatic heterocycles. The van der Waals surface area contributed by atoms with E-state index in [4.69, 9.17) is 16.9 Å². The van der Waals surface area contributed by atoms with Crippen LogP contribution in [0.4, 0.5) is 13.2 Å². The topological polar surface area (TPSA) is 36.7 Å². The number of aromatic nitrogens is 1. The summed E-state index contributed by atoms with van der Waals surface area (Å²) in [4.78, 5) is 3.07. The molecule has 0 aliphatic carbocycles. The van der Waals surface area contributed by atoms with E-state index in [1.807, 2.05) is 0 Å². The molecule has 1 rings (SSSR count). The van der Waals surface area contributed by atoms with Gasteiger partial charge < -0.3 is 0 Å². The monoisotopic (exact) mass is 206 g/mol. The Labute approximate surface area is 76.6 Å². The summed E-state index contributed by atoms with van der Waals surface area (Å²) >= 11 is 5.28. The van der Waals surface area contributed by atoms with Gasteiger partial charge in [0.15, 0.2) is 5.82 Å². The van der Waals surface area contributed by atoms with Gasteiger partial charge in [0.2, 0.25) is 0 Å². The van der Waals surface area contributed by atoms with Crippen LogP contribution >= 0.6 is 11.6 Å². The molecule has 0 atom stereocenters. The Morgan fingerprint density at radius 2 is 2.15 bits per heavy atom. The van der Waals surface area contributed by atoms with Crippen LogP contribution in [0.2, 0.25) is 5.15 Å². The number of pyridine rings is 1. The molecule has 1 heterocycles. The van der Waals surface area contributed by atoms with E-state index in [0.29, 0.717) is 0 Å². The standard InChI is InChI=1S/C7H2ClF3N2/c8-4-1-3(2-12)5(9)6(13-4)7(10)11/h1,7H. The molecule has 0 unspecified atom stereocenters. The zero-order valence-corrected chi connectivity index (χ0v) is 6.82. The zero-order chi connectivity index (χ0) is 10.0. The maximum atomic E-state index is 12.9. The van der Waals surface area contributed by atoms with Crippen LogP contribution in [0.5, 0.6) is 0 Å². The Morgan fingerprint density at radius 1 is 1.54 bits per heavy atom. The Balaban J connectivity index is 3.38. The minimum absolute atomic E-state index is 0.326. The SMILES string of the molecule is N#Cc1cc(Cl)nc(C(F)F)c1F. The van der Waals surface area contributed by atoms with E-state index >= 15 is 0 Å². The van der Waals surface area contributed by atoms with Gasteiger partial charge in [-0.05, 0) is 6.07 Å². The van der Waals surface area contributed by atoms with Crippen molar-refractivity contribution in [2.75, 3.05) is 0 Å². The molecular weight excluding hydrogens is 205 g/mol. The Bertz CT molecular complexity index is 373. The molecule has 0 aliphatic rings. The highest BCUT2D eigenvalue weighted by Gasteiger charge is 2.19. The van der Waals surface area contributed by atoms with Gasteiger partial charge in [-0.25, -0.2) is 18.2 Å². The quantitative estimate of drug-likeness (QED) is 0.663. The van der Waals surface area contributed by atoms with Crippen LogP contribution in [-0.4, -0.2) is 4.98 Å². The van der Waals surface area contributed by atoms with Crippen molar-refractivity contribution in [2.24, 2.45) is 0 Å². The molecule has 13 heavy (non-hydrogen) atoms. The first-order valence-electron chi connectivity index (χ1n) is 3.10. The Hall–Kier alpha value is -1.28. The first-order chi connectivity index (χ1) is 6.06. The molecule has 2 nitrogen and oxygen atoms in total. The van der Waals surface area contributed by atoms with Gasteiger partial charge in [0.1, 0.15) is 16.9 Å². The molecule has 0 radical (unpaired) electrons. The minimum atomic E-state index is -3.08. The number of halogens is 4. The van der Waals surface area contributed by atoms with Crippen molar-refractivity contribution in [3.63, 3.8) is 0 Å². The van der Waals surface area contributed by atoms with Crippen LogP contribution < -0.4 is 0 Å². The van der Waals surface area contributed by atoms with Crippen molar-refractivity contribution < 1.29 is 13.2 Å². The van der Waals surface area contributed by atoms with Crippen molar-refractivity contribution in [2.45, 2.75) is 6.43 Å². The van der Waals surface area contributed by atoms with E-state index in [0.717, 1.165) is 6.07 Å². The largest absolute Gasteiger partial charge is 0.283 e. The molecule has 0 saturated carbocycles. The fourth-order valence-corrected chi connectivity index (χ4v) is 0.943. The van der Waals surface area contributed by atoms with Crippen molar-refractivity contribution in [3.8, 4) is 6.07 Å². The lowest BCUT2D eigenvalue weighted by molar-refractivity contribution is 0.140. The predicted molar refractivity (Wildman–Crippen MR) is 38.9 cm³/mol. The predicted octanol–water partition coefficient (Wildman–Crippen LogP) is 2.68. The number of rotatable bonds is 1. The average molecular weight is 207 g/mol. The molecule has 0 spiro atoms. The van der Waals surface area contributed by atoms with Crippen LogP contribution in [0, 0.1) is 17.1 Å². The minimum Gasteiger partial charge on any atom is -0.232 e. The highest BCUT2D eigenvalue weighted by atomic mass is 35.5. The molecule has 1 aromatic rings. The number of nitrogens with zero attached hydrogens (tertiary/aromatic N) is 2. The maximum Gasteiger partial charge on any atom is 0.283 e. The number of hydrogen-bond donors (Lipinski definition) is 0. The molecule has 0 amide bonds. The molecule has 0 aromatic carbocycles. The summed E-state index contributed by atoms with van der Waals surface area (Å²) in [5, 5.41) is 8.00. The zero-order valence-electron chi connectivity index (χ0n) is 6.06. The van der Waals surface area contributed by atoms with Gasteiger partial charge in [-0.2, -0.15) is 5.26 Å². The van der Waals surface area contributed by atoms with E-state index in [2.05, 4.69) is 4.98 Å². The lowest BCUT2D eigenvalue weighted by Gasteiger charge is -2.02. The smallest absolute Gasteiger partial charge is 0.232 e. The van der Waals surface area contributed by atoms with Crippen LogP contribution in [0.1, 0.15) is 17.7 Å².